The monoisotopic (exact) mass is 310 g/mol. The number of ether oxygens (including phenoxy) is 2. The average Bonchev–Trinajstić information content (AvgIpc) is 2.60. The van der Waals surface area contributed by atoms with Gasteiger partial charge in [-0.15, -0.1) is 0 Å². The Hall–Kier alpha value is -2.79. The highest BCUT2D eigenvalue weighted by Gasteiger charge is 2.16. The number of hydrazine groups is 1. The molecule has 0 aliphatic carbocycles. The van der Waals surface area contributed by atoms with Crippen LogP contribution in [-0.4, -0.2) is 24.6 Å². The van der Waals surface area contributed by atoms with Crippen LogP contribution in [0.15, 0.2) is 54.6 Å². The molecule has 0 fully saturated rings. The molecule has 1 amide bonds. The van der Waals surface area contributed by atoms with Crippen molar-refractivity contribution in [3.63, 3.8) is 0 Å². The Morgan fingerprint density at radius 3 is 2.83 bits per heavy atom. The van der Waals surface area contributed by atoms with Crippen LogP contribution in [0.1, 0.15) is 11.1 Å². The van der Waals surface area contributed by atoms with Crippen LogP contribution in [0.3, 0.4) is 0 Å². The quantitative estimate of drug-likeness (QED) is 0.385. The summed E-state index contributed by atoms with van der Waals surface area (Å²) in [6.45, 7) is 1.31. The summed E-state index contributed by atoms with van der Waals surface area (Å²) in [6.07, 6.45) is 2.53. The van der Waals surface area contributed by atoms with Crippen LogP contribution >= 0.6 is 0 Å². The Balaban J connectivity index is 1.72. The molecule has 1 aliphatic heterocycles. The molecule has 0 aromatic heterocycles. The van der Waals surface area contributed by atoms with E-state index in [1.165, 1.54) is 0 Å². The molecule has 0 saturated heterocycles. The van der Waals surface area contributed by atoms with Gasteiger partial charge in [0, 0.05) is 11.6 Å². The number of rotatable bonds is 6. The smallest absolute Gasteiger partial charge is 0.223 e. The summed E-state index contributed by atoms with van der Waals surface area (Å²) in [5.74, 6) is 7.05. The molecule has 2 aromatic carbocycles. The van der Waals surface area contributed by atoms with Gasteiger partial charge in [-0.3, -0.25) is 9.80 Å². The molecule has 0 atom stereocenters. The minimum absolute atomic E-state index is 0.351. The molecule has 0 saturated carbocycles. The average molecular weight is 310 g/mol. The number of carbonyl (C=O) groups excluding carboxylic acids is 1. The summed E-state index contributed by atoms with van der Waals surface area (Å²) in [5.41, 5.74) is 3.01. The van der Waals surface area contributed by atoms with Gasteiger partial charge in [-0.05, 0) is 29.3 Å². The van der Waals surface area contributed by atoms with E-state index in [9.17, 15) is 4.79 Å². The highest BCUT2D eigenvalue weighted by atomic mass is 16.5. The van der Waals surface area contributed by atoms with Crippen molar-refractivity contribution in [1.29, 1.82) is 0 Å². The number of carbonyl (C=O) groups is 1. The molecule has 118 valence electrons. The summed E-state index contributed by atoms with van der Waals surface area (Å²) >= 11 is 0. The van der Waals surface area contributed by atoms with Gasteiger partial charge in [0.1, 0.15) is 24.7 Å². The maximum atomic E-state index is 10.7. The zero-order valence-electron chi connectivity index (χ0n) is 12.6. The van der Waals surface area contributed by atoms with Crippen LogP contribution in [0.5, 0.6) is 11.5 Å². The Kier molecular flexibility index (Phi) is 4.59. The van der Waals surface area contributed by atoms with Crippen LogP contribution in [0, 0.1) is 0 Å². The molecule has 5 nitrogen and oxygen atoms in total. The van der Waals surface area contributed by atoms with Crippen LogP contribution in [-0.2, 0) is 11.4 Å². The van der Waals surface area contributed by atoms with E-state index in [0.29, 0.717) is 26.2 Å². The Morgan fingerprint density at radius 2 is 2.04 bits per heavy atom. The summed E-state index contributed by atoms with van der Waals surface area (Å²) in [7, 11) is 0. The van der Waals surface area contributed by atoms with Crippen molar-refractivity contribution in [2.24, 2.45) is 5.84 Å². The lowest BCUT2D eigenvalue weighted by Crippen LogP contribution is -2.31. The fourth-order valence-corrected chi connectivity index (χ4v) is 2.44. The van der Waals surface area contributed by atoms with Crippen molar-refractivity contribution in [2.45, 2.75) is 6.61 Å². The second-order valence-electron chi connectivity index (χ2n) is 5.25. The molecular weight excluding hydrogens is 292 g/mol. The summed E-state index contributed by atoms with van der Waals surface area (Å²) in [6, 6.07) is 15.7. The Morgan fingerprint density at radius 1 is 1.22 bits per heavy atom. The van der Waals surface area contributed by atoms with E-state index in [1.54, 1.807) is 0 Å². The van der Waals surface area contributed by atoms with Gasteiger partial charge in [-0.25, -0.2) is 5.84 Å². The van der Waals surface area contributed by atoms with E-state index < -0.39 is 0 Å². The molecule has 2 N–H and O–H groups in total. The molecule has 5 heteroatoms. The first-order chi connectivity index (χ1) is 11.3. The minimum Gasteiger partial charge on any atom is -0.489 e. The van der Waals surface area contributed by atoms with Crippen molar-refractivity contribution < 1.29 is 14.3 Å². The molecule has 2 aromatic rings. The maximum Gasteiger partial charge on any atom is 0.223 e. The zero-order valence-corrected chi connectivity index (χ0v) is 12.6. The van der Waals surface area contributed by atoms with E-state index in [0.717, 1.165) is 33.2 Å². The van der Waals surface area contributed by atoms with Gasteiger partial charge in [-0.2, -0.15) is 0 Å². The van der Waals surface area contributed by atoms with Crippen molar-refractivity contribution >= 4 is 12.0 Å². The van der Waals surface area contributed by atoms with E-state index in [2.05, 4.69) is 0 Å². The third-order valence-electron chi connectivity index (χ3n) is 3.60. The normalized spacial score (nSPS) is 12.7. The van der Waals surface area contributed by atoms with Gasteiger partial charge in [0.15, 0.2) is 0 Å². The minimum atomic E-state index is 0.351. The van der Waals surface area contributed by atoms with Crippen LogP contribution < -0.4 is 15.3 Å². The number of nitrogens with two attached hydrogens (primary N) is 1. The van der Waals surface area contributed by atoms with Gasteiger partial charge in [-0.1, -0.05) is 30.3 Å². The third kappa shape index (κ3) is 3.70. The fraction of sp³-hybridized carbons (Fsp3) is 0.167. The predicted molar refractivity (Wildman–Crippen MR) is 87.6 cm³/mol. The number of hydrogen-bond donors (Lipinski definition) is 1. The number of fused-ring (bicyclic) bond motifs is 1. The Bertz CT molecular complexity index is 713. The van der Waals surface area contributed by atoms with Crippen LogP contribution in [0.4, 0.5) is 0 Å². The molecule has 0 spiro atoms. The SMILES string of the molecule is NN(C=O)CC1=CCOc2cc(OCc3ccccc3)ccc21. The second-order valence-corrected chi connectivity index (χ2v) is 5.25. The predicted octanol–water partition coefficient (Wildman–Crippen LogP) is 2.37. The molecular formula is C18H18N2O3. The van der Waals surface area contributed by atoms with E-state index in [1.807, 2.05) is 54.6 Å². The van der Waals surface area contributed by atoms with Crippen molar-refractivity contribution in [3.05, 3.63) is 65.7 Å². The lowest BCUT2D eigenvalue weighted by Gasteiger charge is -2.21. The molecule has 0 radical (unpaired) electrons. The van der Waals surface area contributed by atoms with E-state index in [-0.39, 0.29) is 0 Å². The zero-order chi connectivity index (χ0) is 16.1. The van der Waals surface area contributed by atoms with E-state index in [4.69, 9.17) is 15.3 Å². The molecule has 3 rings (SSSR count). The van der Waals surface area contributed by atoms with Gasteiger partial charge < -0.3 is 9.47 Å². The first kappa shape index (κ1) is 15.1. The number of hydrogen-bond acceptors (Lipinski definition) is 4. The first-order valence-electron chi connectivity index (χ1n) is 7.36. The standard InChI is InChI=1S/C18H18N2O3/c19-20(13-21)11-15-8-9-22-18-10-16(6-7-17(15)18)23-12-14-4-2-1-3-5-14/h1-8,10,13H,9,11-12,19H2. The fourth-order valence-electron chi connectivity index (χ4n) is 2.44. The van der Waals surface area contributed by atoms with Gasteiger partial charge >= 0.3 is 0 Å². The van der Waals surface area contributed by atoms with Crippen molar-refractivity contribution in [1.82, 2.24) is 5.01 Å². The third-order valence-corrected chi connectivity index (χ3v) is 3.60. The first-order valence-corrected chi connectivity index (χ1v) is 7.36. The molecule has 1 heterocycles. The molecule has 0 unspecified atom stereocenters. The van der Waals surface area contributed by atoms with Crippen molar-refractivity contribution in [3.8, 4) is 11.5 Å². The summed E-state index contributed by atoms with van der Waals surface area (Å²) in [4.78, 5) is 10.7. The largest absolute Gasteiger partial charge is 0.489 e. The lowest BCUT2D eigenvalue weighted by atomic mass is 10.0. The van der Waals surface area contributed by atoms with Gasteiger partial charge in [0.25, 0.3) is 0 Å². The van der Waals surface area contributed by atoms with Crippen LogP contribution in [0.25, 0.3) is 5.57 Å². The second kappa shape index (κ2) is 6.98. The van der Waals surface area contributed by atoms with E-state index >= 15 is 0 Å². The highest BCUT2D eigenvalue weighted by molar-refractivity contribution is 5.75. The van der Waals surface area contributed by atoms with Crippen LogP contribution in [0.2, 0.25) is 0 Å². The molecule has 0 bridgehead atoms. The lowest BCUT2D eigenvalue weighted by molar-refractivity contribution is -0.117. The maximum absolute atomic E-state index is 10.7. The summed E-state index contributed by atoms with van der Waals surface area (Å²) < 4.78 is 11.5. The number of amides is 1. The Labute approximate surface area is 134 Å². The highest BCUT2D eigenvalue weighted by Crippen LogP contribution is 2.33. The number of nitrogens with zero attached hydrogens (tertiary/aromatic N) is 1. The molecule has 23 heavy (non-hydrogen) atoms. The summed E-state index contributed by atoms with van der Waals surface area (Å²) in [5, 5.41) is 1.11. The van der Waals surface area contributed by atoms with Crippen molar-refractivity contribution in [2.75, 3.05) is 13.2 Å². The topological polar surface area (TPSA) is 64.8 Å². The number of benzene rings is 2. The van der Waals surface area contributed by atoms with Gasteiger partial charge in [0.05, 0.1) is 6.54 Å². The van der Waals surface area contributed by atoms with Gasteiger partial charge in [0.2, 0.25) is 6.41 Å². The molecule has 1 aliphatic rings.